The van der Waals surface area contributed by atoms with Crippen LogP contribution < -0.4 is 4.74 Å². The van der Waals surface area contributed by atoms with E-state index in [2.05, 4.69) is 5.16 Å². The van der Waals surface area contributed by atoms with E-state index in [-0.39, 0.29) is 37.1 Å². The zero-order valence-corrected chi connectivity index (χ0v) is 17.2. The second-order valence-electron chi connectivity index (χ2n) is 7.17. The van der Waals surface area contributed by atoms with Crippen molar-refractivity contribution in [2.24, 2.45) is 5.92 Å². The van der Waals surface area contributed by atoms with Crippen LogP contribution in [0, 0.1) is 5.92 Å². The maximum Gasteiger partial charge on any atom is 0.326 e. The number of hydrogen-bond donors (Lipinski definition) is 2. The molecule has 3 atom stereocenters. The molecule has 0 saturated carbocycles. The van der Waals surface area contributed by atoms with Crippen LogP contribution in [-0.4, -0.2) is 76.9 Å². The third-order valence-electron chi connectivity index (χ3n) is 4.67. The van der Waals surface area contributed by atoms with Gasteiger partial charge in [-0.25, -0.2) is 4.79 Å². The van der Waals surface area contributed by atoms with E-state index in [1.165, 1.54) is 11.0 Å². The Bertz CT molecular complexity index is 671. The van der Waals surface area contributed by atoms with Gasteiger partial charge in [0, 0.05) is 32.2 Å². The average molecular weight is 414 g/mol. The molecule has 1 aliphatic rings. The number of ether oxygens (including phenoxy) is 3. The van der Waals surface area contributed by atoms with E-state index in [1.54, 1.807) is 0 Å². The molecule has 10 nitrogen and oxygen atoms in total. The van der Waals surface area contributed by atoms with Gasteiger partial charge in [-0.3, -0.25) is 4.79 Å². The Kier molecular flexibility index (Phi) is 8.42. The van der Waals surface area contributed by atoms with Crippen molar-refractivity contribution < 1.29 is 38.5 Å². The fourth-order valence-electron chi connectivity index (χ4n) is 3.36. The van der Waals surface area contributed by atoms with Crippen molar-refractivity contribution in [2.45, 2.75) is 58.5 Å². The highest BCUT2D eigenvalue weighted by atomic mass is 16.7. The molecule has 10 heteroatoms. The van der Waals surface area contributed by atoms with E-state index in [0.29, 0.717) is 13.2 Å². The SMILES string of the molecule is CCOC(COc1cc(C(C(=O)N2C[C@H](O)C[C@H]2C(=O)O)C(C)C)on1)OCC. The minimum Gasteiger partial charge on any atom is -0.480 e. The number of β-amino-alcohol motifs (C(OH)–C–C–N with tert-alkyl or cyclic N) is 1. The maximum absolute atomic E-state index is 13.1. The van der Waals surface area contributed by atoms with Crippen LogP contribution in [0.5, 0.6) is 5.88 Å². The number of nitrogens with zero attached hydrogens (tertiary/aromatic N) is 2. The maximum atomic E-state index is 13.1. The molecule has 0 aromatic carbocycles. The Labute approximate surface area is 169 Å². The minimum atomic E-state index is -1.14. The third kappa shape index (κ3) is 5.91. The van der Waals surface area contributed by atoms with Gasteiger partial charge in [0.15, 0.2) is 12.1 Å². The molecule has 1 saturated heterocycles. The Morgan fingerprint density at radius 1 is 1.31 bits per heavy atom. The Morgan fingerprint density at radius 2 is 1.97 bits per heavy atom. The van der Waals surface area contributed by atoms with Gasteiger partial charge in [-0.1, -0.05) is 13.8 Å². The van der Waals surface area contributed by atoms with Crippen LogP contribution in [0.15, 0.2) is 10.6 Å². The number of aliphatic carboxylic acids is 1. The van der Waals surface area contributed by atoms with Gasteiger partial charge in [0.25, 0.3) is 5.88 Å². The van der Waals surface area contributed by atoms with Gasteiger partial charge in [-0.2, -0.15) is 0 Å². The molecular formula is C19H30N2O8. The van der Waals surface area contributed by atoms with Crippen molar-refractivity contribution >= 4 is 11.9 Å². The zero-order valence-electron chi connectivity index (χ0n) is 17.2. The summed E-state index contributed by atoms with van der Waals surface area (Å²) in [6.45, 7) is 8.36. The normalized spacial score (nSPS) is 20.4. The van der Waals surface area contributed by atoms with Gasteiger partial charge in [0.2, 0.25) is 5.91 Å². The summed E-state index contributed by atoms with van der Waals surface area (Å²) in [5.41, 5.74) is 0. The molecule has 0 aliphatic carbocycles. The van der Waals surface area contributed by atoms with E-state index in [0.717, 1.165) is 0 Å². The second kappa shape index (κ2) is 10.6. The Balaban J connectivity index is 2.11. The molecule has 0 bridgehead atoms. The van der Waals surface area contributed by atoms with Gasteiger partial charge in [-0.15, -0.1) is 0 Å². The molecule has 2 heterocycles. The summed E-state index contributed by atoms with van der Waals surface area (Å²) >= 11 is 0. The lowest BCUT2D eigenvalue weighted by Crippen LogP contribution is -2.44. The number of amides is 1. The number of likely N-dealkylation sites (tertiary alicyclic amines) is 1. The summed E-state index contributed by atoms with van der Waals surface area (Å²) in [5, 5.41) is 23.1. The van der Waals surface area contributed by atoms with Crippen molar-refractivity contribution in [3.63, 3.8) is 0 Å². The summed E-state index contributed by atoms with van der Waals surface area (Å²) < 4.78 is 21.7. The van der Waals surface area contributed by atoms with E-state index < -0.39 is 36.2 Å². The largest absolute Gasteiger partial charge is 0.480 e. The molecule has 0 radical (unpaired) electrons. The molecule has 1 amide bonds. The average Bonchev–Trinajstić information content (AvgIpc) is 3.26. The molecule has 0 spiro atoms. The summed E-state index contributed by atoms with van der Waals surface area (Å²) in [7, 11) is 0. The quantitative estimate of drug-likeness (QED) is 0.513. The number of aromatic nitrogens is 1. The molecule has 1 aliphatic heterocycles. The number of aliphatic hydroxyl groups excluding tert-OH is 1. The van der Waals surface area contributed by atoms with Gasteiger partial charge in [0.1, 0.15) is 18.6 Å². The van der Waals surface area contributed by atoms with E-state index >= 15 is 0 Å². The molecule has 2 N–H and O–H groups in total. The Morgan fingerprint density at radius 3 is 2.52 bits per heavy atom. The number of carbonyl (C=O) groups excluding carboxylic acids is 1. The summed E-state index contributed by atoms with van der Waals surface area (Å²) in [6, 6.07) is 0.454. The molecule has 29 heavy (non-hydrogen) atoms. The van der Waals surface area contributed by atoms with Crippen molar-refractivity contribution in [3.05, 3.63) is 11.8 Å². The number of rotatable bonds is 11. The van der Waals surface area contributed by atoms with Gasteiger partial charge in [0.05, 0.1) is 6.10 Å². The van der Waals surface area contributed by atoms with Crippen molar-refractivity contribution in [1.29, 1.82) is 0 Å². The van der Waals surface area contributed by atoms with Gasteiger partial charge >= 0.3 is 5.97 Å². The summed E-state index contributed by atoms with van der Waals surface area (Å²) in [4.78, 5) is 25.7. The number of carboxylic acid groups (broad SMARTS) is 1. The van der Waals surface area contributed by atoms with Crippen molar-refractivity contribution in [3.8, 4) is 5.88 Å². The molecule has 1 fully saturated rings. The smallest absolute Gasteiger partial charge is 0.326 e. The summed E-state index contributed by atoms with van der Waals surface area (Å²) in [5.74, 6) is -2.05. The lowest BCUT2D eigenvalue weighted by molar-refractivity contribution is -0.153. The highest BCUT2D eigenvalue weighted by Gasteiger charge is 2.43. The van der Waals surface area contributed by atoms with Crippen LogP contribution in [0.1, 0.15) is 45.8 Å². The standard InChI is InChI=1S/C19H30N2O8/c1-5-26-16(27-6-2)10-28-15-8-14(29-20-15)17(11(3)4)18(23)21-9-12(22)7-13(21)19(24)25/h8,11-13,16-17,22H,5-7,9-10H2,1-4H3,(H,24,25)/t12-,13+,17?/m1/s1. The topological polar surface area (TPSA) is 132 Å². The first-order valence-electron chi connectivity index (χ1n) is 9.82. The molecule has 2 rings (SSSR count). The zero-order chi connectivity index (χ0) is 21.6. The van der Waals surface area contributed by atoms with Crippen molar-refractivity contribution in [1.82, 2.24) is 10.1 Å². The lowest BCUT2D eigenvalue weighted by atomic mass is 9.91. The molecule has 1 aromatic heterocycles. The molecule has 1 unspecified atom stereocenters. The number of hydrogen-bond acceptors (Lipinski definition) is 8. The lowest BCUT2D eigenvalue weighted by Gasteiger charge is -2.27. The van der Waals surface area contributed by atoms with Crippen LogP contribution in [-0.2, 0) is 19.1 Å². The van der Waals surface area contributed by atoms with Gasteiger partial charge < -0.3 is 33.8 Å². The van der Waals surface area contributed by atoms with Crippen LogP contribution in [0.25, 0.3) is 0 Å². The summed E-state index contributed by atoms with van der Waals surface area (Å²) in [6.07, 6.45) is -1.40. The minimum absolute atomic E-state index is 0.00685. The van der Waals surface area contributed by atoms with E-state index in [1.807, 2.05) is 27.7 Å². The van der Waals surface area contributed by atoms with Crippen LogP contribution in [0.2, 0.25) is 0 Å². The second-order valence-corrected chi connectivity index (χ2v) is 7.17. The van der Waals surface area contributed by atoms with Crippen LogP contribution in [0.3, 0.4) is 0 Å². The van der Waals surface area contributed by atoms with E-state index in [9.17, 15) is 19.8 Å². The van der Waals surface area contributed by atoms with Gasteiger partial charge in [-0.05, 0) is 24.9 Å². The van der Waals surface area contributed by atoms with Crippen LogP contribution in [0.4, 0.5) is 0 Å². The fraction of sp³-hybridized carbons (Fsp3) is 0.737. The number of aliphatic hydroxyl groups is 1. The first-order valence-corrected chi connectivity index (χ1v) is 9.82. The monoisotopic (exact) mass is 414 g/mol. The predicted octanol–water partition coefficient (Wildman–Crippen LogP) is 1.24. The molecule has 164 valence electrons. The molecule has 1 aromatic rings. The first kappa shape index (κ1) is 23.1. The highest BCUT2D eigenvalue weighted by Crippen LogP contribution is 2.32. The van der Waals surface area contributed by atoms with Crippen molar-refractivity contribution in [2.75, 3.05) is 26.4 Å². The predicted molar refractivity (Wildman–Crippen MR) is 100 cm³/mol. The fourth-order valence-corrected chi connectivity index (χ4v) is 3.36. The Hall–Kier alpha value is -2.17. The van der Waals surface area contributed by atoms with Crippen LogP contribution >= 0.6 is 0 Å². The number of carbonyl (C=O) groups is 2. The third-order valence-corrected chi connectivity index (χ3v) is 4.67. The molecular weight excluding hydrogens is 384 g/mol. The highest BCUT2D eigenvalue weighted by molar-refractivity contribution is 5.88. The number of carboxylic acids is 1. The van der Waals surface area contributed by atoms with E-state index in [4.69, 9.17) is 18.7 Å². The first-order chi connectivity index (χ1) is 13.8.